The van der Waals surface area contributed by atoms with Crippen molar-refractivity contribution in [3.8, 4) is 0 Å². The average Bonchev–Trinajstić information content (AvgIpc) is 2.97. The average molecular weight is 298 g/mol. The SMILES string of the molecule is CCCCCCN1C(=O)C(Cl)=C(c2cccs2)C1=O. The molecule has 0 N–H and O–H groups in total. The van der Waals surface area contributed by atoms with Crippen LogP contribution in [0.2, 0.25) is 0 Å². The number of hydrogen-bond donors (Lipinski definition) is 0. The first kappa shape index (κ1) is 14.3. The lowest BCUT2D eigenvalue weighted by Crippen LogP contribution is -2.32. The van der Waals surface area contributed by atoms with E-state index in [2.05, 4.69) is 6.92 Å². The summed E-state index contributed by atoms with van der Waals surface area (Å²) in [4.78, 5) is 26.3. The first-order valence-corrected chi connectivity index (χ1v) is 7.72. The molecule has 1 aliphatic heterocycles. The van der Waals surface area contributed by atoms with E-state index in [1.807, 2.05) is 17.5 Å². The Morgan fingerprint density at radius 2 is 2.00 bits per heavy atom. The summed E-state index contributed by atoms with van der Waals surface area (Å²) in [6, 6.07) is 3.66. The molecule has 1 aromatic rings. The van der Waals surface area contributed by atoms with Gasteiger partial charge in [-0.25, -0.2) is 0 Å². The van der Waals surface area contributed by atoms with Crippen LogP contribution in [0.1, 0.15) is 37.5 Å². The molecule has 5 heteroatoms. The van der Waals surface area contributed by atoms with Crippen LogP contribution in [0.5, 0.6) is 0 Å². The molecule has 102 valence electrons. The summed E-state index contributed by atoms with van der Waals surface area (Å²) < 4.78 is 0. The van der Waals surface area contributed by atoms with Gasteiger partial charge < -0.3 is 0 Å². The van der Waals surface area contributed by atoms with Gasteiger partial charge in [0, 0.05) is 11.4 Å². The Kier molecular flexibility index (Phi) is 4.77. The Balaban J connectivity index is 2.08. The second-order valence-electron chi connectivity index (χ2n) is 4.49. The highest BCUT2D eigenvalue weighted by atomic mass is 35.5. The van der Waals surface area contributed by atoms with E-state index >= 15 is 0 Å². The zero-order valence-electron chi connectivity index (χ0n) is 10.8. The van der Waals surface area contributed by atoms with Gasteiger partial charge in [0.25, 0.3) is 11.8 Å². The van der Waals surface area contributed by atoms with Crippen LogP contribution in [-0.2, 0) is 9.59 Å². The predicted octanol–water partition coefficient (Wildman–Crippen LogP) is 3.65. The molecule has 2 heterocycles. The zero-order chi connectivity index (χ0) is 13.8. The van der Waals surface area contributed by atoms with Gasteiger partial charge >= 0.3 is 0 Å². The molecule has 0 fully saturated rings. The van der Waals surface area contributed by atoms with E-state index in [1.54, 1.807) is 0 Å². The molecular formula is C14H16ClNO2S. The Hall–Kier alpha value is -1.13. The van der Waals surface area contributed by atoms with E-state index in [0.717, 1.165) is 30.6 Å². The largest absolute Gasteiger partial charge is 0.274 e. The molecule has 0 atom stereocenters. The van der Waals surface area contributed by atoms with E-state index < -0.39 is 0 Å². The van der Waals surface area contributed by atoms with Crippen LogP contribution in [0.3, 0.4) is 0 Å². The fraction of sp³-hybridized carbons (Fsp3) is 0.429. The fourth-order valence-electron chi connectivity index (χ4n) is 2.08. The zero-order valence-corrected chi connectivity index (χ0v) is 12.4. The molecule has 0 spiro atoms. The Morgan fingerprint density at radius 3 is 2.63 bits per heavy atom. The summed E-state index contributed by atoms with van der Waals surface area (Å²) in [7, 11) is 0. The van der Waals surface area contributed by atoms with Gasteiger partial charge in [-0.2, -0.15) is 0 Å². The molecule has 2 rings (SSSR count). The number of carbonyl (C=O) groups is 2. The normalized spacial score (nSPS) is 15.8. The van der Waals surface area contributed by atoms with Gasteiger partial charge in [-0.05, 0) is 17.9 Å². The molecule has 1 aliphatic rings. The molecule has 0 saturated carbocycles. The van der Waals surface area contributed by atoms with E-state index in [0.29, 0.717) is 12.1 Å². The van der Waals surface area contributed by atoms with Gasteiger partial charge in [-0.1, -0.05) is 43.9 Å². The van der Waals surface area contributed by atoms with Crippen molar-refractivity contribution in [2.75, 3.05) is 6.54 Å². The van der Waals surface area contributed by atoms with Gasteiger partial charge in [-0.3, -0.25) is 14.5 Å². The van der Waals surface area contributed by atoms with E-state index in [1.165, 1.54) is 16.2 Å². The van der Waals surface area contributed by atoms with Crippen molar-refractivity contribution in [1.29, 1.82) is 0 Å². The van der Waals surface area contributed by atoms with Crippen molar-refractivity contribution in [3.63, 3.8) is 0 Å². The van der Waals surface area contributed by atoms with Gasteiger partial charge in [0.2, 0.25) is 0 Å². The standard InChI is InChI=1S/C14H16ClNO2S/c1-2-3-4-5-8-16-13(17)11(12(15)14(16)18)10-7-6-9-19-10/h6-7,9H,2-5,8H2,1H3. The lowest BCUT2D eigenvalue weighted by molar-refractivity contribution is -0.136. The fourth-order valence-corrected chi connectivity index (χ4v) is 3.19. The predicted molar refractivity (Wildman–Crippen MR) is 78.0 cm³/mol. The highest BCUT2D eigenvalue weighted by molar-refractivity contribution is 7.11. The second-order valence-corrected chi connectivity index (χ2v) is 5.81. The first-order valence-electron chi connectivity index (χ1n) is 6.46. The molecule has 0 aromatic carbocycles. The first-order chi connectivity index (χ1) is 9.16. The Labute approximate surface area is 121 Å². The third kappa shape index (κ3) is 2.90. The molecule has 1 aromatic heterocycles. The van der Waals surface area contributed by atoms with Crippen molar-refractivity contribution in [3.05, 3.63) is 27.4 Å². The summed E-state index contributed by atoms with van der Waals surface area (Å²) in [6.45, 7) is 2.59. The lowest BCUT2D eigenvalue weighted by Gasteiger charge is -2.14. The molecule has 19 heavy (non-hydrogen) atoms. The van der Waals surface area contributed by atoms with Gasteiger partial charge in [0.05, 0.1) is 5.57 Å². The minimum atomic E-state index is -0.355. The number of hydrogen-bond acceptors (Lipinski definition) is 3. The number of halogens is 1. The van der Waals surface area contributed by atoms with E-state index in [-0.39, 0.29) is 16.8 Å². The third-order valence-electron chi connectivity index (χ3n) is 3.11. The van der Waals surface area contributed by atoms with Crippen molar-refractivity contribution in [2.45, 2.75) is 32.6 Å². The molecule has 0 saturated heterocycles. The maximum Gasteiger partial charge on any atom is 0.273 e. The Morgan fingerprint density at radius 1 is 1.21 bits per heavy atom. The van der Waals surface area contributed by atoms with Crippen molar-refractivity contribution in [2.24, 2.45) is 0 Å². The van der Waals surface area contributed by atoms with Crippen LogP contribution < -0.4 is 0 Å². The molecule has 3 nitrogen and oxygen atoms in total. The number of rotatable bonds is 6. The van der Waals surface area contributed by atoms with Crippen LogP contribution in [0.15, 0.2) is 22.5 Å². The number of carbonyl (C=O) groups excluding carboxylic acids is 2. The summed E-state index contributed by atoms with van der Waals surface area (Å²) in [5, 5.41) is 1.93. The highest BCUT2D eigenvalue weighted by Gasteiger charge is 2.37. The third-order valence-corrected chi connectivity index (χ3v) is 4.35. The smallest absolute Gasteiger partial charge is 0.273 e. The van der Waals surface area contributed by atoms with E-state index in [4.69, 9.17) is 11.6 Å². The molecule has 0 unspecified atom stereocenters. The van der Waals surface area contributed by atoms with Crippen LogP contribution in [0, 0.1) is 0 Å². The number of imide groups is 1. The summed E-state index contributed by atoms with van der Waals surface area (Å²) >= 11 is 7.45. The van der Waals surface area contributed by atoms with Crippen molar-refractivity contribution >= 4 is 40.3 Å². The maximum absolute atomic E-state index is 12.3. The van der Waals surface area contributed by atoms with Crippen molar-refractivity contribution in [1.82, 2.24) is 4.90 Å². The minimum absolute atomic E-state index is 0.0583. The van der Waals surface area contributed by atoms with Gasteiger partial charge in [0.15, 0.2) is 0 Å². The summed E-state index contributed by atoms with van der Waals surface area (Å²) in [5.74, 6) is -0.611. The monoisotopic (exact) mass is 297 g/mol. The quantitative estimate of drug-likeness (QED) is 0.594. The minimum Gasteiger partial charge on any atom is -0.274 e. The number of amides is 2. The van der Waals surface area contributed by atoms with Crippen LogP contribution in [0.4, 0.5) is 0 Å². The van der Waals surface area contributed by atoms with Crippen LogP contribution in [0.25, 0.3) is 5.57 Å². The molecular weight excluding hydrogens is 282 g/mol. The second kappa shape index (κ2) is 6.35. The number of unbranched alkanes of at least 4 members (excludes halogenated alkanes) is 3. The Bertz CT molecular complexity index is 508. The topological polar surface area (TPSA) is 37.4 Å². The van der Waals surface area contributed by atoms with Crippen LogP contribution >= 0.6 is 22.9 Å². The van der Waals surface area contributed by atoms with Gasteiger partial charge in [-0.15, -0.1) is 11.3 Å². The van der Waals surface area contributed by atoms with Crippen molar-refractivity contribution < 1.29 is 9.59 Å². The maximum atomic E-state index is 12.3. The molecule has 0 radical (unpaired) electrons. The molecule has 0 aliphatic carbocycles. The summed E-state index contributed by atoms with van der Waals surface area (Å²) in [6.07, 6.45) is 4.11. The van der Waals surface area contributed by atoms with Crippen LogP contribution in [-0.4, -0.2) is 23.3 Å². The molecule has 0 bridgehead atoms. The van der Waals surface area contributed by atoms with Gasteiger partial charge in [0.1, 0.15) is 5.03 Å². The molecule has 2 amide bonds. The van der Waals surface area contributed by atoms with E-state index in [9.17, 15) is 9.59 Å². The summed E-state index contributed by atoms with van der Waals surface area (Å²) in [5.41, 5.74) is 0.358. The number of nitrogens with zero attached hydrogens (tertiary/aromatic N) is 1. The number of thiophene rings is 1. The lowest BCUT2D eigenvalue weighted by atomic mass is 10.2. The highest BCUT2D eigenvalue weighted by Crippen LogP contribution is 2.33.